The normalized spacial score (nSPS) is 19.7. The molecule has 0 N–H and O–H groups in total. The van der Waals surface area contributed by atoms with Crippen molar-refractivity contribution in [2.24, 2.45) is 13.0 Å². The van der Waals surface area contributed by atoms with Gasteiger partial charge >= 0.3 is 0 Å². The molecule has 3 heterocycles. The SMILES string of the molecule is CC(C)Cn1cnnc1[C@H]1CCCN1Cc1cnn(C)c1. The molecule has 1 atom stereocenters. The number of hydrogen-bond donors (Lipinski definition) is 0. The number of aromatic nitrogens is 5. The second-order valence-corrected chi connectivity index (χ2v) is 6.39. The highest BCUT2D eigenvalue weighted by atomic mass is 15.3. The van der Waals surface area contributed by atoms with Crippen molar-refractivity contribution < 1.29 is 0 Å². The Morgan fingerprint density at radius 1 is 1.38 bits per heavy atom. The molecule has 0 saturated carbocycles. The maximum absolute atomic E-state index is 4.40. The molecule has 1 saturated heterocycles. The third kappa shape index (κ3) is 3.15. The van der Waals surface area contributed by atoms with Crippen molar-refractivity contribution in [1.82, 2.24) is 29.4 Å². The van der Waals surface area contributed by atoms with E-state index in [2.05, 4.69) is 44.8 Å². The highest BCUT2D eigenvalue weighted by Crippen LogP contribution is 2.32. The van der Waals surface area contributed by atoms with Gasteiger partial charge < -0.3 is 4.57 Å². The molecule has 114 valence electrons. The van der Waals surface area contributed by atoms with Crippen molar-refractivity contribution in [3.05, 3.63) is 30.1 Å². The Bertz CT molecular complexity index is 585. The summed E-state index contributed by atoms with van der Waals surface area (Å²) in [5.74, 6) is 1.72. The molecule has 2 aromatic heterocycles. The molecule has 2 aromatic rings. The number of aryl methyl sites for hydroxylation is 1. The average molecular weight is 288 g/mol. The lowest BCUT2D eigenvalue weighted by molar-refractivity contribution is 0.233. The second kappa shape index (κ2) is 5.97. The fourth-order valence-electron chi connectivity index (χ4n) is 3.15. The molecule has 6 heteroatoms. The Kier molecular flexibility index (Phi) is 4.05. The number of hydrogen-bond acceptors (Lipinski definition) is 4. The summed E-state index contributed by atoms with van der Waals surface area (Å²) < 4.78 is 4.08. The van der Waals surface area contributed by atoms with E-state index >= 15 is 0 Å². The van der Waals surface area contributed by atoms with Gasteiger partial charge in [0, 0.05) is 31.9 Å². The Morgan fingerprint density at radius 2 is 2.24 bits per heavy atom. The zero-order chi connectivity index (χ0) is 14.8. The molecule has 3 rings (SSSR count). The number of nitrogens with zero attached hydrogens (tertiary/aromatic N) is 6. The second-order valence-electron chi connectivity index (χ2n) is 6.39. The van der Waals surface area contributed by atoms with Gasteiger partial charge in [-0.25, -0.2) is 0 Å². The van der Waals surface area contributed by atoms with Crippen molar-refractivity contribution in [3.63, 3.8) is 0 Å². The molecule has 0 amide bonds. The van der Waals surface area contributed by atoms with Crippen LogP contribution in [0.25, 0.3) is 0 Å². The molecule has 6 nitrogen and oxygen atoms in total. The topological polar surface area (TPSA) is 51.8 Å². The molecule has 0 bridgehead atoms. The lowest BCUT2D eigenvalue weighted by atomic mass is 10.1. The first-order valence-corrected chi connectivity index (χ1v) is 7.72. The molecule has 1 aliphatic heterocycles. The maximum Gasteiger partial charge on any atom is 0.150 e. The summed E-state index contributed by atoms with van der Waals surface area (Å²) in [5, 5.41) is 12.8. The molecule has 1 aliphatic rings. The van der Waals surface area contributed by atoms with E-state index in [1.165, 1.54) is 12.0 Å². The summed E-state index contributed by atoms with van der Waals surface area (Å²) in [6.07, 6.45) is 8.30. The van der Waals surface area contributed by atoms with Gasteiger partial charge in [-0.1, -0.05) is 13.8 Å². The summed E-state index contributed by atoms with van der Waals surface area (Å²) >= 11 is 0. The minimum atomic E-state index is 0.381. The van der Waals surface area contributed by atoms with Crippen LogP contribution >= 0.6 is 0 Å². The van der Waals surface area contributed by atoms with Crippen molar-refractivity contribution >= 4 is 0 Å². The Balaban J connectivity index is 1.76. The quantitative estimate of drug-likeness (QED) is 0.844. The van der Waals surface area contributed by atoms with Crippen molar-refractivity contribution in [3.8, 4) is 0 Å². The molecule has 0 aromatic carbocycles. The number of likely N-dealkylation sites (tertiary alicyclic amines) is 1. The predicted octanol–water partition coefficient (Wildman–Crippen LogP) is 2.00. The molecule has 0 radical (unpaired) electrons. The molecule has 0 aliphatic carbocycles. The largest absolute Gasteiger partial charge is 0.316 e. The summed E-state index contributed by atoms with van der Waals surface area (Å²) in [6.45, 7) is 7.50. The minimum Gasteiger partial charge on any atom is -0.316 e. The first-order chi connectivity index (χ1) is 10.1. The molecular formula is C15H24N6. The van der Waals surface area contributed by atoms with Crippen molar-refractivity contribution in [1.29, 1.82) is 0 Å². The van der Waals surface area contributed by atoms with Crippen LogP contribution in [0.2, 0.25) is 0 Å². The molecule has 0 spiro atoms. The third-order valence-electron chi connectivity index (χ3n) is 4.01. The monoisotopic (exact) mass is 288 g/mol. The van der Waals surface area contributed by atoms with Crippen LogP contribution in [0.3, 0.4) is 0 Å². The van der Waals surface area contributed by atoms with Crippen molar-refractivity contribution in [2.75, 3.05) is 6.54 Å². The van der Waals surface area contributed by atoms with Gasteiger partial charge in [-0.2, -0.15) is 5.10 Å². The average Bonchev–Trinajstić information content (AvgIpc) is 3.11. The van der Waals surface area contributed by atoms with E-state index in [1.807, 2.05) is 24.3 Å². The standard InChI is InChI=1S/C15H24N6/c1-12(2)8-21-11-16-18-15(21)14-5-4-6-20(14)10-13-7-17-19(3)9-13/h7,9,11-12,14H,4-6,8,10H2,1-3H3/t14-/m1/s1. The fraction of sp³-hybridized carbons (Fsp3) is 0.667. The predicted molar refractivity (Wildman–Crippen MR) is 80.5 cm³/mol. The molecule has 1 fully saturated rings. The van der Waals surface area contributed by atoms with Gasteiger partial charge in [-0.3, -0.25) is 9.58 Å². The smallest absolute Gasteiger partial charge is 0.150 e. The lowest BCUT2D eigenvalue weighted by Gasteiger charge is -2.24. The Labute approximate surface area is 125 Å². The van der Waals surface area contributed by atoms with E-state index < -0.39 is 0 Å². The van der Waals surface area contributed by atoms with E-state index in [-0.39, 0.29) is 0 Å². The lowest BCUT2D eigenvalue weighted by Crippen LogP contribution is -2.25. The summed E-state index contributed by atoms with van der Waals surface area (Å²) in [4.78, 5) is 2.50. The third-order valence-corrected chi connectivity index (χ3v) is 4.01. The minimum absolute atomic E-state index is 0.381. The Morgan fingerprint density at radius 3 is 2.95 bits per heavy atom. The van der Waals surface area contributed by atoms with Gasteiger partial charge in [0.05, 0.1) is 12.2 Å². The van der Waals surface area contributed by atoms with E-state index in [0.29, 0.717) is 12.0 Å². The zero-order valence-corrected chi connectivity index (χ0v) is 13.1. The van der Waals surface area contributed by atoms with E-state index in [0.717, 1.165) is 31.9 Å². The van der Waals surface area contributed by atoms with Crippen molar-refractivity contribution in [2.45, 2.75) is 45.8 Å². The van der Waals surface area contributed by atoms with Crippen LogP contribution in [-0.4, -0.2) is 36.0 Å². The highest BCUT2D eigenvalue weighted by molar-refractivity contribution is 5.07. The van der Waals surface area contributed by atoms with E-state index in [4.69, 9.17) is 0 Å². The van der Waals surface area contributed by atoms with Crippen LogP contribution in [0.1, 0.15) is 44.1 Å². The summed E-state index contributed by atoms with van der Waals surface area (Å²) in [5.41, 5.74) is 1.26. The fourth-order valence-corrected chi connectivity index (χ4v) is 3.15. The van der Waals surface area contributed by atoms with Crippen LogP contribution in [0.4, 0.5) is 0 Å². The number of rotatable bonds is 5. The van der Waals surface area contributed by atoms with Crippen LogP contribution in [-0.2, 0) is 20.1 Å². The summed E-state index contributed by atoms with van der Waals surface area (Å²) in [7, 11) is 1.96. The van der Waals surface area contributed by atoms with Crippen LogP contribution in [0.15, 0.2) is 18.7 Å². The molecule has 0 unspecified atom stereocenters. The van der Waals surface area contributed by atoms with E-state index in [9.17, 15) is 0 Å². The first-order valence-electron chi connectivity index (χ1n) is 7.72. The van der Waals surface area contributed by atoms with Gasteiger partial charge in [0.2, 0.25) is 0 Å². The van der Waals surface area contributed by atoms with Crippen LogP contribution in [0.5, 0.6) is 0 Å². The molecular weight excluding hydrogens is 264 g/mol. The highest BCUT2D eigenvalue weighted by Gasteiger charge is 2.30. The van der Waals surface area contributed by atoms with Gasteiger partial charge in [-0.05, 0) is 25.3 Å². The Hall–Kier alpha value is -1.69. The zero-order valence-electron chi connectivity index (χ0n) is 13.1. The van der Waals surface area contributed by atoms with Gasteiger partial charge in [-0.15, -0.1) is 10.2 Å². The molecule has 21 heavy (non-hydrogen) atoms. The van der Waals surface area contributed by atoms with Gasteiger partial charge in [0.1, 0.15) is 12.2 Å². The summed E-state index contributed by atoms with van der Waals surface area (Å²) in [6, 6.07) is 0.381. The van der Waals surface area contributed by atoms with E-state index in [1.54, 1.807) is 0 Å². The van der Waals surface area contributed by atoms with Crippen LogP contribution < -0.4 is 0 Å². The maximum atomic E-state index is 4.40. The van der Waals surface area contributed by atoms with Gasteiger partial charge in [0.15, 0.2) is 0 Å². The van der Waals surface area contributed by atoms with Gasteiger partial charge in [0.25, 0.3) is 0 Å². The first kappa shape index (κ1) is 14.3. The van der Waals surface area contributed by atoms with Crippen LogP contribution in [0, 0.1) is 5.92 Å².